The molecule has 2 rings (SSSR count). The van der Waals surface area contributed by atoms with Gasteiger partial charge in [-0.15, -0.1) is 11.6 Å². The summed E-state index contributed by atoms with van der Waals surface area (Å²) in [5.41, 5.74) is 1.04. The molecule has 0 aromatic heterocycles. The average molecular weight is 302 g/mol. The molecule has 0 aliphatic carbocycles. The standard InChI is InChI=1S/C14H17Cl2NO2/c1-10(8-15)14(18)17-6-7-19-13(9-17)11-2-4-12(16)5-3-11/h2-5,10,13H,6-9H2,1H3. The maximum absolute atomic E-state index is 12.1. The van der Waals surface area contributed by atoms with Crippen LogP contribution in [0.15, 0.2) is 24.3 Å². The highest BCUT2D eigenvalue weighted by Gasteiger charge is 2.27. The lowest BCUT2D eigenvalue weighted by molar-refractivity contribution is -0.142. The van der Waals surface area contributed by atoms with Gasteiger partial charge in [-0.25, -0.2) is 0 Å². The largest absolute Gasteiger partial charge is 0.370 e. The quantitative estimate of drug-likeness (QED) is 0.803. The highest BCUT2D eigenvalue weighted by atomic mass is 35.5. The fourth-order valence-electron chi connectivity index (χ4n) is 2.11. The lowest BCUT2D eigenvalue weighted by atomic mass is 10.1. The molecule has 1 aromatic carbocycles. The zero-order chi connectivity index (χ0) is 13.8. The van der Waals surface area contributed by atoms with E-state index in [1.165, 1.54) is 0 Å². The Bertz CT molecular complexity index is 436. The van der Waals surface area contributed by atoms with Crippen LogP contribution < -0.4 is 0 Å². The van der Waals surface area contributed by atoms with Gasteiger partial charge in [-0.05, 0) is 17.7 Å². The summed E-state index contributed by atoms with van der Waals surface area (Å²) in [6.45, 7) is 3.60. The normalized spacial score (nSPS) is 21.2. The Labute approximate surface area is 123 Å². The SMILES string of the molecule is CC(CCl)C(=O)N1CCOC(c2ccc(Cl)cc2)C1. The van der Waals surface area contributed by atoms with E-state index in [9.17, 15) is 4.79 Å². The number of rotatable bonds is 3. The highest BCUT2D eigenvalue weighted by Crippen LogP contribution is 2.24. The van der Waals surface area contributed by atoms with Gasteiger partial charge in [-0.3, -0.25) is 4.79 Å². The Hall–Kier alpha value is -0.770. The van der Waals surface area contributed by atoms with Crippen LogP contribution in [0.2, 0.25) is 5.02 Å². The smallest absolute Gasteiger partial charge is 0.226 e. The van der Waals surface area contributed by atoms with Gasteiger partial charge in [0.2, 0.25) is 5.91 Å². The van der Waals surface area contributed by atoms with Gasteiger partial charge in [0.25, 0.3) is 0 Å². The minimum Gasteiger partial charge on any atom is -0.370 e. The second-order valence-electron chi connectivity index (χ2n) is 4.75. The lowest BCUT2D eigenvalue weighted by Gasteiger charge is -2.34. The molecule has 0 radical (unpaired) electrons. The first-order valence-corrected chi connectivity index (χ1v) is 7.25. The van der Waals surface area contributed by atoms with Crippen LogP contribution in [0, 0.1) is 5.92 Å². The lowest BCUT2D eigenvalue weighted by Crippen LogP contribution is -2.44. The second kappa shape index (κ2) is 6.60. The molecule has 1 aliphatic rings. The van der Waals surface area contributed by atoms with Crippen LogP contribution in [0.25, 0.3) is 0 Å². The first kappa shape index (κ1) is 14.6. The molecule has 2 unspecified atom stereocenters. The molecule has 1 saturated heterocycles. The fraction of sp³-hybridized carbons (Fsp3) is 0.500. The van der Waals surface area contributed by atoms with Crippen molar-refractivity contribution in [2.75, 3.05) is 25.6 Å². The van der Waals surface area contributed by atoms with Crippen molar-refractivity contribution >= 4 is 29.1 Å². The van der Waals surface area contributed by atoms with Crippen molar-refractivity contribution in [2.45, 2.75) is 13.0 Å². The minimum atomic E-state index is -0.148. The van der Waals surface area contributed by atoms with Gasteiger partial charge in [0.15, 0.2) is 0 Å². The Morgan fingerprint density at radius 1 is 1.47 bits per heavy atom. The van der Waals surface area contributed by atoms with Crippen LogP contribution in [-0.4, -0.2) is 36.4 Å². The molecule has 1 heterocycles. The number of carbonyl (C=O) groups excluding carboxylic acids is 1. The van der Waals surface area contributed by atoms with Crippen molar-refractivity contribution in [3.05, 3.63) is 34.9 Å². The topological polar surface area (TPSA) is 29.5 Å². The molecule has 104 valence electrons. The Morgan fingerprint density at radius 3 is 2.79 bits per heavy atom. The number of morpholine rings is 1. The molecule has 2 atom stereocenters. The van der Waals surface area contributed by atoms with Crippen LogP contribution >= 0.6 is 23.2 Å². The van der Waals surface area contributed by atoms with Crippen LogP contribution in [-0.2, 0) is 9.53 Å². The molecule has 1 fully saturated rings. The molecule has 0 saturated carbocycles. The molecule has 0 N–H and O–H groups in total. The number of halogens is 2. The van der Waals surface area contributed by atoms with Gasteiger partial charge in [0.1, 0.15) is 6.10 Å². The predicted molar refractivity (Wildman–Crippen MR) is 76.6 cm³/mol. The zero-order valence-electron chi connectivity index (χ0n) is 10.8. The van der Waals surface area contributed by atoms with E-state index in [1.54, 1.807) is 0 Å². The van der Waals surface area contributed by atoms with Crippen molar-refractivity contribution in [3.63, 3.8) is 0 Å². The van der Waals surface area contributed by atoms with Gasteiger partial charge in [0, 0.05) is 23.4 Å². The summed E-state index contributed by atoms with van der Waals surface area (Å²) < 4.78 is 5.73. The van der Waals surface area contributed by atoms with Crippen LogP contribution in [0.5, 0.6) is 0 Å². The molecular weight excluding hydrogens is 285 g/mol. The number of alkyl halides is 1. The molecule has 1 aliphatic heterocycles. The van der Waals surface area contributed by atoms with Crippen molar-refractivity contribution in [3.8, 4) is 0 Å². The molecule has 0 spiro atoms. The van der Waals surface area contributed by atoms with Crippen LogP contribution in [0.1, 0.15) is 18.6 Å². The summed E-state index contributed by atoms with van der Waals surface area (Å²) >= 11 is 11.6. The molecule has 1 amide bonds. The predicted octanol–water partition coefficient (Wildman–Crippen LogP) is 3.11. The Kier molecular flexibility index (Phi) is 5.08. The van der Waals surface area contributed by atoms with E-state index in [0.717, 1.165) is 5.56 Å². The highest BCUT2D eigenvalue weighted by molar-refractivity contribution is 6.30. The third-order valence-corrected chi connectivity index (χ3v) is 3.99. The number of hydrogen-bond donors (Lipinski definition) is 0. The summed E-state index contributed by atoms with van der Waals surface area (Å²) in [6.07, 6.45) is -0.0857. The van der Waals surface area contributed by atoms with Gasteiger partial charge < -0.3 is 9.64 Å². The summed E-state index contributed by atoms with van der Waals surface area (Å²) in [4.78, 5) is 14.0. The van der Waals surface area contributed by atoms with Crippen molar-refractivity contribution in [2.24, 2.45) is 5.92 Å². The number of hydrogen-bond acceptors (Lipinski definition) is 2. The van der Waals surface area contributed by atoms with E-state index in [1.807, 2.05) is 36.1 Å². The van der Waals surface area contributed by atoms with E-state index in [0.29, 0.717) is 30.6 Å². The third kappa shape index (κ3) is 3.62. The summed E-state index contributed by atoms with van der Waals surface area (Å²) in [6, 6.07) is 7.54. The molecule has 5 heteroatoms. The first-order chi connectivity index (χ1) is 9.11. The third-order valence-electron chi connectivity index (χ3n) is 3.27. The van der Waals surface area contributed by atoms with Crippen LogP contribution in [0.3, 0.4) is 0 Å². The number of amides is 1. The van der Waals surface area contributed by atoms with E-state index in [2.05, 4.69) is 0 Å². The van der Waals surface area contributed by atoms with Gasteiger partial charge >= 0.3 is 0 Å². The fourth-order valence-corrected chi connectivity index (χ4v) is 2.36. The van der Waals surface area contributed by atoms with Crippen molar-refractivity contribution in [1.82, 2.24) is 4.90 Å². The Balaban J connectivity index is 2.04. The average Bonchev–Trinajstić information content (AvgIpc) is 2.46. The number of ether oxygens (including phenoxy) is 1. The van der Waals surface area contributed by atoms with Gasteiger partial charge in [0.05, 0.1) is 13.2 Å². The Morgan fingerprint density at radius 2 is 2.16 bits per heavy atom. The van der Waals surface area contributed by atoms with E-state index < -0.39 is 0 Å². The number of benzene rings is 1. The molecule has 1 aromatic rings. The van der Waals surface area contributed by atoms with E-state index in [-0.39, 0.29) is 17.9 Å². The molecule has 3 nitrogen and oxygen atoms in total. The number of nitrogens with zero attached hydrogens (tertiary/aromatic N) is 1. The van der Waals surface area contributed by atoms with Gasteiger partial charge in [-0.1, -0.05) is 30.7 Å². The minimum absolute atomic E-state index is 0.0857. The van der Waals surface area contributed by atoms with Crippen molar-refractivity contribution < 1.29 is 9.53 Å². The van der Waals surface area contributed by atoms with Crippen LogP contribution in [0.4, 0.5) is 0 Å². The van der Waals surface area contributed by atoms with E-state index >= 15 is 0 Å². The molecule has 19 heavy (non-hydrogen) atoms. The first-order valence-electron chi connectivity index (χ1n) is 6.33. The maximum Gasteiger partial charge on any atom is 0.226 e. The second-order valence-corrected chi connectivity index (χ2v) is 5.50. The van der Waals surface area contributed by atoms with Gasteiger partial charge in [-0.2, -0.15) is 0 Å². The summed E-state index contributed by atoms with van der Waals surface area (Å²) in [5.74, 6) is 0.296. The monoisotopic (exact) mass is 301 g/mol. The summed E-state index contributed by atoms with van der Waals surface area (Å²) in [5, 5.41) is 0.697. The summed E-state index contributed by atoms with van der Waals surface area (Å²) in [7, 11) is 0. The van der Waals surface area contributed by atoms with Crippen molar-refractivity contribution in [1.29, 1.82) is 0 Å². The number of carbonyl (C=O) groups is 1. The molecular formula is C14H17Cl2NO2. The van der Waals surface area contributed by atoms with E-state index in [4.69, 9.17) is 27.9 Å². The maximum atomic E-state index is 12.1. The molecule has 0 bridgehead atoms. The zero-order valence-corrected chi connectivity index (χ0v) is 12.3.